The Morgan fingerprint density at radius 2 is 1.84 bits per heavy atom. The van der Waals surface area contributed by atoms with E-state index < -0.39 is 26.3 Å². The lowest BCUT2D eigenvalue weighted by atomic mass is 10.2. The Morgan fingerprint density at radius 3 is 2.11 bits per heavy atom. The summed E-state index contributed by atoms with van der Waals surface area (Å²) in [6.07, 6.45) is 0.307. The first kappa shape index (κ1) is 21.5. The van der Waals surface area contributed by atoms with Gasteiger partial charge in [0, 0.05) is 6.61 Å². The minimum absolute atomic E-state index is 0.0104. The predicted octanol–water partition coefficient (Wildman–Crippen LogP) is 1.23. The van der Waals surface area contributed by atoms with Gasteiger partial charge in [-0.3, -0.25) is 4.79 Å². The van der Waals surface area contributed by atoms with Gasteiger partial charge in [0.25, 0.3) is 0 Å². The zero-order valence-corrected chi connectivity index (χ0v) is 13.7. The lowest BCUT2D eigenvalue weighted by molar-refractivity contribution is -0.144. The van der Waals surface area contributed by atoms with Crippen LogP contribution in [0, 0.1) is 0 Å². The van der Waals surface area contributed by atoms with Crippen molar-refractivity contribution < 1.29 is 23.1 Å². The summed E-state index contributed by atoms with van der Waals surface area (Å²) in [5, 5.41) is 7.57. The number of nitrogens with one attached hydrogen (secondary N) is 1. The number of aliphatic hydroxyl groups is 1. The fourth-order valence-electron chi connectivity index (χ4n) is 1.02. The molecule has 10 heteroatoms. The zero-order chi connectivity index (χ0) is 15.5. The lowest BCUT2D eigenvalue weighted by Gasteiger charge is -2.06. The third kappa shape index (κ3) is 14.4. The standard InChI is InChI=1S/C6H11NO4S.C2H6O.CHCl3/c1-2-11-6(8)5-3-4-12(9,10)7-5;1-2-3;2-1(3)4/h5,7H,2-4H2,1H3;3H,2H2,1H3;1H. The second-order valence-corrected chi connectivity index (χ2v) is 6.95. The minimum atomic E-state index is -3.21. The van der Waals surface area contributed by atoms with E-state index in [1.165, 1.54) is 0 Å². The van der Waals surface area contributed by atoms with Gasteiger partial charge in [0.05, 0.1) is 12.4 Å². The molecule has 6 nitrogen and oxygen atoms in total. The van der Waals surface area contributed by atoms with Crippen LogP contribution in [0.3, 0.4) is 0 Å². The topological polar surface area (TPSA) is 92.7 Å². The van der Waals surface area contributed by atoms with Crippen LogP contribution in [0.15, 0.2) is 0 Å². The lowest BCUT2D eigenvalue weighted by Crippen LogP contribution is -2.34. The van der Waals surface area contributed by atoms with Gasteiger partial charge < -0.3 is 9.84 Å². The third-order valence-electron chi connectivity index (χ3n) is 1.57. The summed E-state index contributed by atoms with van der Waals surface area (Å²) < 4.78 is 27.8. The number of esters is 1. The van der Waals surface area contributed by atoms with Crippen LogP contribution in [-0.4, -0.2) is 48.8 Å². The molecule has 2 N–H and O–H groups in total. The van der Waals surface area contributed by atoms with Gasteiger partial charge in [-0.05, 0) is 20.3 Å². The molecule has 1 atom stereocenters. The highest BCUT2D eigenvalue weighted by atomic mass is 35.6. The van der Waals surface area contributed by atoms with Gasteiger partial charge >= 0.3 is 5.97 Å². The molecule has 0 aromatic carbocycles. The van der Waals surface area contributed by atoms with Crippen molar-refractivity contribution in [1.82, 2.24) is 4.72 Å². The number of carbonyl (C=O) groups is 1. The summed E-state index contributed by atoms with van der Waals surface area (Å²) in [7, 11) is -3.21. The second kappa shape index (κ2) is 12.0. The van der Waals surface area contributed by atoms with Crippen LogP contribution >= 0.6 is 34.8 Å². The maximum Gasteiger partial charge on any atom is 0.324 e. The molecule has 1 unspecified atom stereocenters. The molecule has 1 rings (SSSR count). The van der Waals surface area contributed by atoms with Gasteiger partial charge in [0.1, 0.15) is 6.04 Å². The summed E-state index contributed by atoms with van der Waals surface area (Å²) in [6, 6.07) is -0.671. The molecule has 1 saturated heterocycles. The molecule has 0 aromatic rings. The molecule has 0 aliphatic carbocycles. The van der Waals surface area contributed by atoms with Crippen molar-refractivity contribution in [3.63, 3.8) is 0 Å². The fraction of sp³-hybridized carbons (Fsp3) is 0.889. The number of hydrogen-bond acceptors (Lipinski definition) is 5. The molecule has 1 aliphatic rings. The van der Waals surface area contributed by atoms with Gasteiger partial charge in [-0.1, -0.05) is 34.8 Å². The number of rotatable bonds is 2. The van der Waals surface area contributed by atoms with E-state index in [0.717, 1.165) is 0 Å². The highest BCUT2D eigenvalue weighted by Gasteiger charge is 2.32. The Bertz CT molecular complexity index is 334. The van der Waals surface area contributed by atoms with Crippen LogP contribution in [-0.2, 0) is 19.6 Å². The maximum atomic E-state index is 11.0. The highest BCUT2D eigenvalue weighted by molar-refractivity contribution is 7.89. The Kier molecular flexibility index (Phi) is 13.6. The number of halogens is 3. The first-order chi connectivity index (χ1) is 8.70. The molecular weight excluding hydrogens is 341 g/mol. The van der Waals surface area contributed by atoms with E-state index in [1.807, 2.05) is 0 Å². The number of carbonyl (C=O) groups excluding carboxylic acids is 1. The Morgan fingerprint density at radius 1 is 1.42 bits per heavy atom. The van der Waals surface area contributed by atoms with Gasteiger partial charge in [0.2, 0.25) is 10.0 Å². The van der Waals surface area contributed by atoms with Crippen LogP contribution in [0.25, 0.3) is 0 Å². The van der Waals surface area contributed by atoms with Crippen molar-refractivity contribution in [3.8, 4) is 0 Å². The van der Waals surface area contributed by atoms with Crippen molar-refractivity contribution >= 4 is 50.8 Å². The van der Waals surface area contributed by atoms with E-state index in [9.17, 15) is 13.2 Å². The van der Waals surface area contributed by atoms with Crippen LogP contribution < -0.4 is 4.72 Å². The Hall–Kier alpha value is 0.210. The highest BCUT2D eigenvalue weighted by Crippen LogP contribution is 2.08. The predicted molar refractivity (Wildman–Crippen MR) is 76.1 cm³/mol. The normalized spacial score (nSPS) is 19.8. The molecule has 0 spiro atoms. The van der Waals surface area contributed by atoms with Crippen LogP contribution in [0.4, 0.5) is 0 Å². The van der Waals surface area contributed by atoms with Crippen molar-refractivity contribution in [3.05, 3.63) is 0 Å². The third-order valence-corrected chi connectivity index (χ3v) is 2.98. The average Bonchev–Trinajstić information content (AvgIpc) is 2.59. The Balaban J connectivity index is 0. The quantitative estimate of drug-likeness (QED) is 0.572. The summed E-state index contributed by atoms with van der Waals surface area (Å²) in [5.41, 5.74) is 0. The number of aliphatic hydroxyl groups excluding tert-OH is 1. The van der Waals surface area contributed by atoms with Gasteiger partial charge in [-0.2, -0.15) is 0 Å². The number of hydrogen-bond donors (Lipinski definition) is 2. The fourth-order valence-corrected chi connectivity index (χ4v) is 2.33. The van der Waals surface area contributed by atoms with Gasteiger partial charge in [0.15, 0.2) is 4.30 Å². The van der Waals surface area contributed by atoms with Crippen molar-refractivity contribution in [2.45, 2.75) is 30.6 Å². The molecule has 1 aliphatic heterocycles. The second-order valence-electron chi connectivity index (χ2n) is 3.09. The largest absolute Gasteiger partial charge is 0.465 e. The number of sulfonamides is 1. The summed E-state index contributed by atoms with van der Waals surface area (Å²) >= 11 is 14.4. The van der Waals surface area contributed by atoms with Crippen molar-refractivity contribution in [1.29, 1.82) is 0 Å². The van der Waals surface area contributed by atoms with Gasteiger partial charge in [-0.25, -0.2) is 13.1 Å². The molecule has 0 saturated carbocycles. The monoisotopic (exact) mass is 357 g/mol. The van der Waals surface area contributed by atoms with E-state index in [-0.39, 0.29) is 19.0 Å². The smallest absolute Gasteiger partial charge is 0.324 e. The molecule has 19 heavy (non-hydrogen) atoms. The molecule has 1 heterocycles. The average molecular weight is 359 g/mol. The number of ether oxygens (including phenoxy) is 1. The van der Waals surface area contributed by atoms with Crippen LogP contribution in [0.2, 0.25) is 0 Å². The summed E-state index contributed by atoms with van der Waals surface area (Å²) in [6.45, 7) is 3.89. The molecular formula is C9H18Cl3NO5S. The Labute approximate surface area is 128 Å². The summed E-state index contributed by atoms with van der Waals surface area (Å²) in [4.78, 5) is 11.0. The number of alkyl halides is 3. The van der Waals surface area contributed by atoms with E-state index >= 15 is 0 Å². The SMILES string of the molecule is CCO.CCOC(=O)C1CCS(=O)(=O)N1.ClC(Cl)Cl. The van der Waals surface area contributed by atoms with E-state index in [4.69, 9.17) is 39.9 Å². The molecule has 0 radical (unpaired) electrons. The molecule has 1 fully saturated rings. The minimum Gasteiger partial charge on any atom is -0.465 e. The molecule has 0 bridgehead atoms. The maximum absolute atomic E-state index is 11.0. The first-order valence-corrected chi connectivity index (χ1v) is 8.36. The molecule has 0 amide bonds. The van der Waals surface area contributed by atoms with E-state index in [0.29, 0.717) is 6.42 Å². The van der Waals surface area contributed by atoms with Crippen molar-refractivity contribution in [2.75, 3.05) is 19.0 Å². The molecule has 116 valence electrons. The first-order valence-electron chi connectivity index (χ1n) is 5.39. The van der Waals surface area contributed by atoms with E-state index in [2.05, 4.69) is 9.46 Å². The molecule has 0 aromatic heterocycles. The van der Waals surface area contributed by atoms with Crippen molar-refractivity contribution in [2.24, 2.45) is 0 Å². The summed E-state index contributed by atoms with van der Waals surface area (Å²) in [5.74, 6) is -0.477. The zero-order valence-electron chi connectivity index (χ0n) is 10.6. The van der Waals surface area contributed by atoms with Gasteiger partial charge in [-0.15, -0.1) is 0 Å². The van der Waals surface area contributed by atoms with Crippen LogP contribution in [0.1, 0.15) is 20.3 Å². The van der Waals surface area contributed by atoms with E-state index in [1.54, 1.807) is 13.8 Å². The van der Waals surface area contributed by atoms with Crippen LogP contribution in [0.5, 0.6) is 0 Å².